The van der Waals surface area contributed by atoms with E-state index in [9.17, 15) is 9.59 Å². The number of carbonyl (C=O) groups is 2. The molecule has 138 valence electrons. The molecule has 3 aromatic rings. The van der Waals surface area contributed by atoms with Gasteiger partial charge in [0.25, 0.3) is 5.91 Å². The van der Waals surface area contributed by atoms with Gasteiger partial charge in [-0.3, -0.25) is 9.59 Å². The average molecular weight is 363 g/mol. The van der Waals surface area contributed by atoms with E-state index in [1.807, 2.05) is 62.4 Å². The lowest BCUT2D eigenvalue weighted by molar-refractivity contribution is -0.123. The van der Waals surface area contributed by atoms with Gasteiger partial charge in [-0.1, -0.05) is 65.8 Å². The minimum Gasteiger partial charge on any atom is -0.355 e. The number of carbonyl (C=O) groups excluding carboxylic acids is 2. The summed E-state index contributed by atoms with van der Waals surface area (Å²) in [4.78, 5) is 25.2. The zero-order chi connectivity index (χ0) is 19.2. The van der Waals surface area contributed by atoms with Crippen molar-refractivity contribution in [3.63, 3.8) is 0 Å². The van der Waals surface area contributed by atoms with Crippen molar-refractivity contribution in [3.8, 4) is 11.3 Å². The minimum atomic E-state index is -0.821. The second-order valence-electron chi connectivity index (χ2n) is 6.42. The van der Waals surface area contributed by atoms with Gasteiger partial charge in [0, 0.05) is 17.7 Å². The molecule has 0 saturated heterocycles. The standard InChI is InChI=1S/C21H21N3O3/c1-14(2)22-21(26)19(16-11-7-4-8-12-16)23-20(25)17-13-18(27-24-17)15-9-5-3-6-10-15/h3-14,19H,1-2H3,(H,22,26)(H,23,25)/t19-/m0/s1. The van der Waals surface area contributed by atoms with Crippen LogP contribution in [0.4, 0.5) is 0 Å². The molecule has 0 aliphatic rings. The van der Waals surface area contributed by atoms with Crippen LogP contribution in [0.1, 0.15) is 35.9 Å². The highest BCUT2D eigenvalue weighted by atomic mass is 16.5. The lowest BCUT2D eigenvalue weighted by Crippen LogP contribution is -2.42. The van der Waals surface area contributed by atoms with Gasteiger partial charge in [-0.2, -0.15) is 0 Å². The van der Waals surface area contributed by atoms with Crippen LogP contribution >= 0.6 is 0 Å². The van der Waals surface area contributed by atoms with Crippen LogP contribution in [-0.2, 0) is 4.79 Å². The maximum absolute atomic E-state index is 12.6. The highest BCUT2D eigenvalue weighted by Gasteiger charge is 2.25. The monoisotopic (exact) mass is 363 g/mol. The maximum atomic E-state index is 12.6. The first-order chi connectivity index (χ1) is 13.0. The van der Waals surface area contributed by atoms with Crippen LogP contribution in [-0.4, -0.2) is 23.0 Å². The summed E-state index contributed by atoms with van der Waals surface area (Å²) in [5.41, 5.74) is 1.63. The summed E-state index contributed by atoms with van der Waals surface area (Å²) in [5, 5.41) is 9.42. The lowest BCUT2D eigenvalue weighted by atomic mass is 10.1. The summed E-state index contributed by atoms with van der Waals surface area (Å²) in [6, 6.07) is 19.2. The Morgan fingerprint density at radius 1 is 0.926 bits per heavy atom. The highest BCUT2D eigenvalue weighted by molar-refractivity contribution is 5.97. The molecular formula is C21H21N3O3. The molecule has 0 aliphatic carbocycles. The van der Waals surface area contributed by atoms with E-state index in [4.69, 9.17) is 4.52 Å². The molecule has 2 aromatic carbocycles. The molecule has 27 heavy (non-hydrogen) atoms. The Bertz CT molecular complexity index is 905. The molecule has 0 saturated carbocycles. The van der Waals surface area contributed by atoms with Crippen molar-refractivity contribution < 1.29 is 14.1 Å². The molecule has 2 amide bonds. The molecule has 0 spiro atoms. The number of hydrogen-bond donors (Lipinski definition) is 2. The van der Waals surface area contributed by atoms with E-state index in [0.717, 1.165) is 5.56 Å². The third-order valence-electron chi connectivity index (χ3n) is 3.90. The Kier molecular flexibility index (Phi) is 5.66. The molecule has 1 aromatic heterocycles. The van der Waals surface area contributed by atoms with E-state index in [-0.39, 0.29) is 17.6 Å². The van der Waals surface area contributed by atoms with E-state index in [0.29, 0.717) is 11.3 Å². The second kappa shape index (κ2) is 8.31. The van der Waals surface area contributed by atoms with Crippen molar-refractivity contribution in [2.45, 2.75) is 25.9 Å². The molecule has 6 heteroatoms. The van der Waals surface area contributed by atoms with Crippen LogP contribution in [0, 0.1) is 0 Å². The summed E-state index contributed by atoms with van der Waals surface area (Å²) in [5.74, 6) is -0.270. The largest absolute Gasteiger partial charge is 0.355 e. The SMILES string of the molecule is CC(C)NC(=O)[C@@H](NC(=O)c1cc(-c2ccccc2)on1)c1ccccc1. The number of rotatable bonds is 6. The zero-order valence-electron chi connectivity index (χ0n) is 15.2. The summed E-state index contributed by atoms with van der Waals surface area (Å²) in [7, 11) is 0. The smallest absolute Gasteiger partial charge is 0.274 e. The summed E-state index contributed by atoms with van der Waals surface area (Å²) in [6.07, 6.45) is 0. The molecule has 1 atom stereocenters. The maximum Gasteiger partial charge on any atom is 0.274 e. The van der Waals surface area contributed by atoms with Gasteiger partial charge in [0.1, 0.15) is 6.04 Å². The first-order valence-corrected chi connectivity index (χ1v) is 8.73. The number of amides is 2. The molecule has 6 nitrogen and oxygen atoms in total. The van der Waals surface area contributed by atoms with Crippen molar-refractivity contribution in [1.82, 2.24) is 15.8 Å². The highest BCUT2D eigenvalue weighted by Crippen LogP contribution is 2.20. The van der Waals surface area contributed by atoms with Gasteiger partial charge in [0.15, 0.2) is 11.5 Å². The van der Waals surface area contributed by atoms with E-state index < -0.39 is 11.9 Å². The van der Waals surface area contributed by atoms with Crippen molar-refractivity contribution >= 4 is 11.8 Å². The fourth-order valence-corrected chi connectivity index (χ4v) is 2.64. The van der Waals surface area contributed by atoms with Crippen molar-refractivity contribution in [2.24, 2.45) is 0 Å². The van der Waals surface area contributed by atoms with E-state index in [1.165, 1.54) is 0 Å². The fourth-order valence-electron chi connectivity index (χ4n) is 2.64. The number of nitrogens with zero attached hydrogens (tertiary/aromatic N) is 1. The average Bonchev–Trinajstić information content (AvgIpc) is 3.17. The number of aromatic nitrogens is 1. The Morgan fingerprint density at radius 3 is 2.19 bits per heavy atom. The number of benzene rings is 2. The van der Waals surface area contributed by atoms with Gasteiger partial charge in [-0.15, -0.1) is 0 Å². The zero-order valence-corrected chi connectivity index (χ0v) is 15.2. The Labute approximate surface area is 157 Å². The number of hydrogen-bond acceptors (Lipinski definition) is 4. The summed E-state index contributed by atoms with van der Waals surface area (Å²) >= 11 is 0. The number of nitrogens with one attached hydrogen (secondary N) is 2. The van der Waals surface area contributed by atoms with E-state index in [1.54, 1.807) is 18.2 Å². The Hall–Kier alpha value is -3.41. The summed E-state index contributed by atoms with van der Waals surface area (Å²) < 4.78 is 5.27. The van der Waals surface area contributed by atoms with Crippen LogP contribution in [0.3, 0.4) is 0 Å². The van der Waals surface area contributed by atoms with Crippen molar-refractivity contribution in [1.29, 1.82) is 0 Å². The molecule has 0 aliphatic heterocycles. The van der Waals surface area contributed by atoms with Crippen LogP contribution in [0.5, 0.6) is 0 Å². The predicted octanol–water partition coefficient (Wildman–Crippen LogP) is 3.34. The van der Waals surface area contributed by atoms with Gasteiger partial charge in [0.2, 0.25) is 5.91 Å². The lowest BCUT2D eigenvalue weighted by Gasteiger charge is -2.19. The molecule has 2 N–H and O–H groups in total. The first kappa shape index (κ1) is 18.4. The quantitative estimate of drug-likeness (QED) is 0.703. The topological polar surface area (TPSA) is 84.2 Å². The third kappa shape index (κ3) is 4.61. The molecule has 0 unspecified atom stereocenters. The van der Waals surface area contributed by atoms with Crippen molar-refractivity contribution in [2.75, 3.05) is 0 Å². The molecule has 0 bridgehead atoms. The van der Waals surface area contributed by atoms with Gasteiger partial charge in [-0.05, 0) is 19.4 Å². The van der Waals surface area contributed by atoms with Gasteiger partial charge in [0.05, 0.1) is 0 Å². The van der Waals surface area contributed by atoms with Gasteiger partial charge < -0.3 is 15.2 Å². The fraction of sp³-hybridized carbons (Fsp3) is 0.190. The van der Waals surface area contributed by atoms with E-state index in [2.05, 4.69) is 15.8 Å². The molecule has 3 rings (SSSR count). The summed E-state index contributed by atoms with van der Waals surface area (Å²) in [6.45, 7) is 3.73. The Morgan fingerprint density at radius 2 is 1.56 bits per heavy atom. The molecular weight excluding hydrogens is 342 g/mol. The second-order valence-corrected chi connectivity index (χ2v) is 6.42. The van der Waals surface area contributed by atoms with Crippen LogP contribution < -0.4 is 10.6 Å². The molecule has 0 fully saturated rings. The minimum absolute atomic E-state index is 0.0441. The van der Waals surface area contributed by atoms with E-state index >= 15 is 0 Å². The van der Waals surface area contributed by atoms with Gasteiger partial charge >= 0.3 is 0 Å². The molecule has 1 heterocycles. The van der Waals surface area contributed by atoms with Crippen molar-refractivity contribution in [3.05, 3.63) is 78.0 Å². The predicted molar refractivity (Wildman–Crippen MR) is 102 cm³/mol. The van der Waals surface area contributed by atoms with Gasteiger partial charge in [-0.25, -0.2) is 0 Å². The first-order valence-electron chi connectivity index (χ1n) is 8.73. The van der Waals surface area contributed by atoms with Crippen LogP contribution in [0.2, 0.25) is 0 Å². The van der Waals surface area contributed by atoms with Crippen LogP contribution in [0.25, 0.3) is 11.3 Å². The molecule has 0 radical (unpaired) electrons. The normalized spacial score (nSPS) is 11.8. The van der Waals surface area contributed by atoms with Crippen LogP contribution in [0.15, 0.2) is 71.3 Å². The third-order valence-corrected chi connectivity index (χ3v) is 3.90. The Balaban J connectivity index is 1.80.